The predicted octanol–water partition coefficient (Wildman–Crippen LogP) is 2.87. The molecule has 4 nitrogen and oxygen atoms in total. The number of carbonyl (C=O) groups is 1. The summed E-state index contributed by atoms with van der Waals surface area (Å²) in [4.78, 5) is 16.7. The fraction of sp³-hybridized carbons (Fsp3) is 0.333. The largest absolute Gasteiger partial charge is 0.384 e. The number of carbonyl (C=O) groups excluding carboxylic acids is 1. The van der Waals surface area contributed by atoms with E-state index in [1.165, 1.54) is 0 Å². The second-order valence-corrected chi connectivity index (χ2v) is 6.32. The number of ketones is 1. The maximum atomic E-state index is 12.6. The number of hydrogen-bond donors (Lipinski definition) is 1. The Labute approximate surface area is 130 Å². The Morgan fingerprint density at radius 3 is 2.91 bits per heavy atom. The number of pyridine rings is 1. The third-order valence-corrected chi connectivity index (χ3v) is 4.05. The van der Waals surface area contributed by atoms with Crippen LogP contribution < -0.4 is 5.73 Å². The van der Waals surface area contributed by atoms with Crippen molar-refractivity contribution in [3.63, 3.8) is 0 Å². The zero-order chi connectivity index (χ0) is 15.7. The van der Waals surface area contributed by atoms with Crippen LogP contribution in [0.2, 0.25) is 0 Å². The van der Waals surface area contributed by atoms with E-state index in [-0.39, 0.29) is 11.2 Å². The highest BCUT2D eigenvalue weighted by atomic mass is 16.1. The minimum atomic E-state index is -0.299. The molecule has 0 bridgehead atoms. The number of hydrogen-bond acceptors (Lipinski definition) is 3. The number of nitrogens with zero attached hydrogens (tertiary/aromatic N) is 2. The molecule has 0 aliphatic carbocycles. The van der Waals surface area contributed by atoms with Crippen LogP contribution >= 0.6 is 0 Å². The summed E-state index contributed by atoms with van der Waals surface area (Å²) in [5.41, 5.74) is 7.57. The molecule has 0 saturated heterocycles. The maximum Gasteiger partial charge on any atom is 0.184 e. The number of fused-ring (bicyclic) bond motifs is 1. The van der Waals surface area contributed by atoms with E-state index >= 15 is 0 Å². The molecule has 3 heterocycles. The Morgan fingerprint density at radius 1 is 1.32 bits per heavy atom. The van der Waals surface area contributed by atoms with E-state index in [0.29, 0.717) is 11.5 Å². The fourth-order valence-electron chi connectivity index (χ4n) is 2.76. The average molecular weight is 293 g/mol. The molecule has 1 aliphatic heterocycles. The summed E-state index contributed by atoms with van der Waals surface area (Å²) in [6, 6.07) is 7.26. The zero-order valence-electron chi connectivity index (χ0n) is 12.9. The van der Waals surface area contributed by atoms with Crippen molar-refractivity contribution in [3.05, 3.63) is 47.4 Å². The summed E-state index contributed by atoms with van der Waals surface area (Å²) >= 11 is 0. The lowest BCUT2D eigenvalue weighted by atomic mass is 9.83. The molecule has 0 unspecified atom stereocenters. The normalized spacial score (nSPS) is 16.4. The summed E-state index contributed by atoms with van der Waals surface area (Å²) in [6.45, 7) is 4.89. The second-order valence-electron chi connectivity index (χ2n) is 6.32. The number of anilines is 1. The van der Waals surface area contributed by atoms with E-state index < -0.39 is 0 Å². The van der Waals surface area contributed by atoms with Gasteiger partial charge in [0.15, 0.2) is 5.78 Å². The van der Waals surface area contributed by atoms with Crippen LogP contribution in [-0.4, -0.2) is 15.3 Å². The standard InChI is InChI=1S/C18H19N3O/c1-18(2)9-4-10-21-12-13(11-15(21)17(18)22)7-8-14-5-3-6-16(19)20-14/h3,5-6,11-12H,4,9-10H2,1-2H3,(H2,19,20). The number of nitrogens with two attached hydrogens (primary N) is 1. The van der Waals surface area contributed by atoms with E-state index in [9.17, 15) is 4.79 Å². The van der Waals surface area contributed by atoms with Crippen LogP contribution in [-0.2, 0) is 6.54 Å². The van der Waals surface area contributed by atoms with Crippen molar-refractivity contribution in [1.82, 2.24) is 9.55 Å². The minimum absolute atomic E-state index is 0.195. The average Bonchev–Trinajstić information content (AvgIpc) is 2.83. The third-order valence-electron chi connectivity index (χ3n) is 4.05. The van der Waals surface area contributed by atoms with Gasteiger partial charge in [-0.25, -0.2) is 4.98 Å². The lowest BCUT2D eigenvalue weighted by molar-refractivity contribution is 0.0827. The quantitative estimate of drug-likeness (QED) is 0.760. The monoisotopic (exact) mass is 293 g/mol. The van der Waals surface area contributed by atoms with E-state index in [1.807, 2.05) is 42.8 Å². The number of rotatable bonds is 0. The molecule has 1 aliphatic rings. The van der Waals surface area contributed by atoms with Crippen LogP contribution in [0.15, 0.2) is 30.5 Å². The Morgan fingerprint density at radius 2 is 2.14 bits per heavy atom. The van der Waals surface area contributed by atoms with E-state index in [2.05, 4.69) is 16.8 Å². The summed E-state index contributed by atoms with van der Waals surface area (Å²) in [7, 11) is 0. The molecular weight excluding hydrogens is 274 g/mol. The number of Topliss-reactive ketones (excluding diaryl/α,β-unsaturated/α-hetero) is 1. The Balaban J connectivity index is 1.93. The summed E-state index contributed by atoms with van der Waals surface area (Å²) in [5.74, 6) is 6.72. The van der Waals surface area contributed by atoms with Gasteiger partial charge in [-0.05, 0) is 37.0 Å². The fourth-order valence-corrected chi connectivity index (χ4v) is 2.76. The van der Waals surface area contributed by atoms with Crippen LogP contribution in [0.3, 0.4) is 0 Å². The molecule has 112 valence electrons. The molecule has 2 aromatic heterocycles. The first-order valence-corrected chi connectivity index (χ1v) is 7.45. The van der Waals surface area contributed by atoms with Gasteiger partial charge in [-0.15, -0.1) is 0 Å². The molecule has 0 atom stereocenters. The Kier molecular flexibility index (Phi) is 3.50. The lowest BCUT2D eigenvalue weighted by Crippen LogP contribution is -2.23. The second kappa shape index (κ2) is 5.34. The van der Waals surface area contributed by atoms with Gasteiger partial charge in [-0.3, -0.25) is 4.79 Å². The topological polar surface area (TPSA) is 60.9 Å². The molecule has 2 aromatic rings. The van der Waals surface area contributed by atoms with Gasteiger partial charge in [0.25, 0.3) is 0 Å². The number of nitrogen functional groups attached to an aromatic ring is 1. The van der Waals surface area contributed by atoms with Crippen molar-refractivity contribution >= 4 is 11.6 Å². The van der Waals surface area contributed by atoms with Crippen LogP contribution in [0.1, 0.15) is 48.4 Å². The Bertz CT molecular complexity index is 790. The van der Waals surface area contributed by atoms with Crippen LogP contribution in [0.5, 0.6) is 0 Å². The summed E-state index contributed by atoms with van der Waals surface area (Å²) < 4.78 is 2.02. The number of aromatic nitrogens is 2. The highest BCUT2D eigenvalue weighted by Gasteiger charge is 2.32. The molecule has 22 heavy (non-hydrogen) atoms. The molecule has 4 heteroatoms. The molecule has 0 amide bonds. The van der Waals surface area contributed by atoms with Gasteiger partial charge in [0, 0.05) is 23.7 Å². The van der Waals surface area contributed by atoms with Gasteiger partial charge >= 0.3 is 0 Å². The van der Waals surface area contributed by atoms with Gasteiger partial charge < -0.3 is 10.3 Å². The van der Waals surface area contributed by atoms with Crippen molar-refractivity contribution in [2.45, 2.75) is 33.2 Å². The molecular formula is C18H19N3O. The van der Waals surface area contributed by atoms with Crippen molar-refractivity contribution < 1.29 is 4.79 Å². The first kappa shape index (κ1) is 14.4. The zero-order valence-corrected chi connectivity index (χ0v) is 12.9. The molecule has 0 saturated carbocycles. The summed E-state index contributed by atoms with van der Waals surface area (Å²) in [5, 5.41) is 0. The predicted molar refractivity (Wildman–Crippen MR) is 86.4 cm³/mol. The van der Waals surface area contributed by atoms with Gasteiger partial charge in [0.05, 0.1) is 5.69 Å². The van der Waals surface area contributed by atoms with Crippen LogP contribution in [0.25, 0.3) is 0 Å². The molecule has 2 N–H and O–H groups in total. The van der Waals surface area contributed by atoms with Crippen molar-refractivity contribution in [2.24, 2.45) is 5.41 Å². The highest BCUT2D eigenvalue weighted by molar-refractivity contribution is 5.99. The van der Waals surface area contributed by atoms with Crippen LogP contribution in [0, 0.1) is 17.3 Å². The van der Waals surface area contributed by atoms with Crippen molar-refractivity contribution in [2.75, 3.05) is 5.73 Å². The van der Waals surface area contributed by atoms with Crippen molar-refractivity contribution in [3.8, 4) is 11.8 Å². The molecule has 0 aromatic carbocycles. The van der Waals surface area contributed by atoms with Gasteiger partial charge in [0.1, 0.15) is 11.5 Å². The van der Waals surface area contributed by atoms with E-state index in [1.54, 1.807) is 6.07 Å². The number of aryl methyl sites for hydroxylation is 1. The molecule has 0 fully saturated rings. The molecule has 3 rings (SSSR count). The minimum Gasteiger partial charge on any atom is -0.384 e. The van der Waals surface area contributed by atoms with E-state index in [0.717, 1.165) is 30.6 Å². The van der Waals surface area contributed by atoms with Gasteiger partial charge in [0.2, 0.25) is 0 Å². The van der Waals surface area contributed by atoms with Gasteiger partial charge in [-0.1, -0.05) is 25.8 Å². The van der Waals surface area contributed by atoms with Crippen molar-refractivity contribution in [1.29, 1.82) is 0 Å². The van der Waals surface area contributed by atoms with Crippen LogP contribution in [0.4, 0.5) is 5.82 Å². The highest BCUT2D eigenvalue weighted by Crippen LogP contribution is 2.31. The maximum absolute atomic E-state index is 12.6. The summed E-state index contributed by atoms with van der Waals surface area (Å²) in [6.07, 6.45) is 3.87. The van der Waals surface area contributed by atoms with Gasteiger partial charge in [-0.2, -0.15) is 0 Å². The third kappa shape index (κ3) is 2.75. The molecule has 0 spiro atoms. The first-order chi connectivity index (χ1) is 10.5. The lowest BCUT2D eigenvalue weighted by Gasteiger charge is -2.19. The van der Waals surface area contributed by atoms with E-state index in [4.69, 9.17) is 5.73 Å². The SMILES string of the molecule is CC1(C)CCCn2cc(C#Cc3cccc(N)n3)cc2C1=O. The first-order valence-electron chi connectivity index (χ1n) is 7.45. The Hall–Kier alpha value is -2.54. The molecule has 0 radical (unpaired) electrons. The smallest absolute Gasteiger partial charge is 0.184 e.